The maximum atomic E-state index is 13.5. The largest absolute Gasteiger partial charge is 0.493 e. The van der Waals surface area contributed by atoms with Crippen LogP contribution in [0.5, 0.6) is 11.5 Å². The Kier molecular flexibility index (Phi) is 9.78. The van der Waals surface area contributed by atoms with Crippen LogP contribution >= 0.6 is 0 Å². The van der Waals surface area contributed by atoms with Crippen LogP contribution in [0.25, 0.3) is 0 Å². The number of rotatable bonds is 11. The SMILES string of the molecule is CCC(C)(C)C(=O)C(=O)N1CCCC[C@H]1C(=O)OC(CCc1ccc(OC)c(OC)c1)c1cccc(N)c1. The lowest BCUT2D eigenvalue weighted by atomic mass is 9.84. The zero-order valence-electron chi connectivity index (χ0n) is 23.1. The van der Waals surface area contributed by atoms with E-state index in [1.165, 1.54) is 4.90 Å². The van der Waals surface area contributed by atoms with Crippen molar-refractivity contribution in [3.05, 3.63) is 53.6 Å². The average Bonchev–Trinajstić information content (AvgIpc) is 2.93. The van der Waals surface area contributed by atoms with Gasteiger partial charge < -0.3 is 24.8 Å². The molecule has 0 aromatic heterocycles. The van der Waals surface area contributed by atoms with Crippen LogP contribution in [0.1, 0.15) is 70.1 Å². The second-order valence-electron chi connectivity index (χ2n) is 10.4. The summed E-state index contributed by atoms with van der Waals surface area (Å²) in [5.74, 6) is -0.318. The standard InChI is InChI=1S/C30H40N2O6/c1-6-30(2,3)27(33)28(34)32-17-8-7-12-23(32)29(35)38-24(21-10-9-11-22(31)19-21)15-13-20-14-16-25(36-4)26(18-20)37-5/h9-11,14,16,18-19,23-24H,6-8,12-13,15,17,31H2,1-5H3/t23-,24?/m0/s1. The summed E-state index contributed by atoms with van der Waals surface area (Å²) in [6, 6.07) is 12.2. The predicted molar refractivity (Wildman–Crippen MR) is 146 cm³/mol. The number of carbonyl (C=O) groups is 3. The fourth-order valence-electron chi connectivity index (χ4n) is 4.61. The van der Waals surface area contributed by atoms with Crippen LogP contribution in [0.3, 0.4) is 0 Å². The Hall–Kier alpha value is -3.55. The summed E-state index contributed by atoms with van der Waals surface area (Å²) < 4.78 is 16.8. The van der Waals surface area contributed by atoms with Gasteiger partial charge in [-0.15, -0.1) is 0 Å². The zero-order valence-corrected chi connectivity index (χ0v) is 23.1. The normalized spacial score (nSPS) is 16.4. The summed E-state index contributed by atoms with van der Waals surface area (Å²) in [5.41, 5.74) is 7.58. The molecular formula is C30H40N2O6. The van der Waals surface area contributed by atoms with Crippen molar-refractivity contribution in [1.82, 2.24) is 4.90 Å². The minimum absolute atomic E-state index is 0.360. The molecule has 1 aliphatic rings. The molecule has 1 fully saturated rings. The van der Waals surface area contributed by atoms with Crippen LogP contribution < -0.4 is 15.2 Å². The Balaban J connectivity index is 1.81. The molecule has 2 aromatic rings. The second kappa shape index (κ2) is 12.8. The van der Waals surface area contributed by atoms with E-state index in [9.17, 15) is 14.4 Å². The van der Waals surface area contributed by atoms with Crippen LogP contribution in [0, 0.1) is 5.41 Å². The van der Waals surface area contributed by atoms with E-state index in [0.717, 1.165) is 24.0 Å². The Bertz CT molecular complexity index is 1150. The first-order valence-corrected chi connectivity index (χ1v) is 13.2. The third-order valence-electron chi connectivity index (χ3n) is 7.41. The van der Waals surface area contributed by atoms with Crippen molar-refractivity contribution in [3.63, 3.8) is 0 Å². The van der Waals surface area contributed by atoms with E-state index in [1.807, 2.05) is 37.3 Å². The Morgan fingerprint density at radius 2 is 1.79 bits per heavy atom. The Morgan fingerprint density at radius 3 is 2.45 bits per heavy atom. The first-order chi connectivity index (χ1) is 18.1. The van der Waals surface area contributed by atoms with Crippen molar-refractivity contribution in [2.45, 2.75) is 71.4 Å². The number of amides is 1. The van der Waals surface area contributed by atoms with Gasteiger partial charge in [-0.05, 0) is 73.9 Å². The topological polar surface area (TPSA) is 108 Å². The van der Waals surface area contributed by atoms with Gasteiger partial charge in [-0.25, -0.2) is 4.79 Å². The summed E-state index contributed by atoms with van der Waals surface area (Å²) in [6.07, 6.45) is 3.03. The van der Waals surface area contributed by atoms with Crippen LogP contribution in [0.15, 0.2) is 42.5 Å². The number of benzene rings is 2. The number of hydrogen-bond acceptors (Lipinski definition) is 7. The molecular weight excluding hydrogens is 484 g/mol. The molecule has 1 unspecified atom stereocenters. The molecule has 2 N–H and O–H groups in total. The molecule has 0 spiro atoms. The molecule has 0 saturated carbocycles. The van der Waals surface area contributed by atoms with Gasteiger partial charge in [0.05, 0.1) is 14.2 Å². The minimum atomic E-state index is -0.794. The third-order valence-corrected chi connectivity index (χ3v) is 7.41. The number of aryl methyl sites for hydroxylation is 1. The van der Waals surface area contributed by atoms with E-state index < -0.39 is 35.2 Å². The van der Waals surface area contributed by atoms with E-state index in [-0.39, 0.29) is 0 Å². The predicted octanol–water partition coefficient (Wildman–Crippen LogP) is 4.89. The quantitative estimate of drug-likeness (QED) is 0.253. The van der Waals surface area contributed by atoms with Gasteiger partial charge in [-0.1, -0.05) is 39.0 Å². The van der Waals surface area contributed by atoms with E-state index in [2.05, 4.69) is 0 Å². The molecule has 1 heterocycles. The molecule has 206 valence electrons. The van der Waals surface area contributed by atoms with E-state index >= 15 is 0 Å². The second-order valence-corrected chi connectivity index (χ2v) is 10.4. The maximum Gasteiger partial charge on any atom is 0.329 e. The highest BCUT2D eigenvalue weighted by atomic mass is 16.5. The van der Waals surface area contributed by atoms with Crippen LogP contribution in [-0.4, -0.2) is 49.4 Å². The van der Waals surface area contributed by atoms with Crippen molar-refractivity contribution < 1.29 is 28.6 Å². The zero-order chi connectivity index (χ0) is 27.9. The molecule has 0 aliphatic carbocycles. The number of esters is 1. The Labute approximate surface area is 225 Å². The number of anilines is 1. The minimum Gasteiger partial charge on any atom is -0.493 e. The van der Waals surface area contributed by atoms with E-state index in [0.29, 0.717) is 49.4 Å². The number of Topliss-reactive ketones (excluding diaryl/α,β-unsaturated/α-hetero) is 1. The number of nitrogen functional groups attached to an aromatic ring is 1. The first-order valence-electron chi connectivity index (χ1n) is 13.2. The number of ether oxygens (including phenoxy) is 3. The molecule has 0 radical (unpaired) electrons. The number of methoxy groups -OCH3 is 2. The third kappa shape index (κ3) is 6.85. The molecule has 1 amide bonds. The van der Waals surface area contributed by atoms with Gasteiger partial charge in [0.25, 0.3) is 5.91 Å². The highest BCUT2D eigenvalue weighted by Crippen LogP contribution is 2.32. The van der Waals surface area contributed by atoms with Gasteiger partial charge in [-0.3, -0.25) is 9.59 Å². The first kappa shape index (κ1) is 29.0. The summed E-state index contributed by atoms with van der Waals surface area (Å²) in [5, 5.41) is 0. The lowest BCUT2D eigenvalue weighted by Crippen LogP contribution is -2.53. The van der Waals surface area contributed by atoms with Gasteiger partial charge in [0, 0.05) is 17.6 Å². The smallest absolute Gasteiger partial charge is 0.329 e. The molecule has 0 bridgehead atoms. The lowest BCUT2D eigenvalue weighted by molar-refractivity contribution is -0.164. The van der Waals surface area contributed by atoms with Crippen molar-refractivity contribution >= 4 is 23.3 Å². The fraction of sp³-hybridized carbons (Fsp3) is 0.500. The molecule has 1 saturated heterocycles. The van der Waals surface area contributed by atoms with Gasteiger partial charge >= 0.3 is 5.97 Å². The number of piperidine rings is 1. The summed E-state index contributed by atoms with van der Waals surface area (Å²) >= 11 is 0. The van der Waals surface area contributed by atoms with Crippen LogP contribution in [0.2, 0.25) is 0 Å². The highest BCUT2D eigenvalue weighted by molar-refractivity contribution is 6.38. The highest BCUT2D eigenvalue weighted by Gasteiger charge is 2.41. The summed E-state index contributed by atoms with van der Waals surface area (Å²) in [7, 11) is 3.17. The number of hydrogen-bond donors (Lipinski definition) is 1. The summed E-state index contributed by atoms with van der Waals surface area (Å²) in [6.45, 7) is 5.75. The van der Waals surface area contributed by atoms with Gasteiger partial charge in [-0.2, -0.15) is 0 Å². The summed E-state index contributed by atoms with van der Waals surface area (Å²) in [4.78, 5) is 41.0. The fourth-order valence-corrected chi connectivity index (χ4v) is 4.61. The molecule has 2 aromatic carbocycles. The number of nitrogens with two attached hydrogens (primary N) is 1. The van der Waals surface area contributed by atoms with E-state index in [1.54, 1.807) is 40.2 Å². The van der Waals surface area contributed by atoms with Gasteiger partial charge in [0.1, 0.15) is 12.1 Å². The monoisotopic (exact) mass is 524 g/mol. The van der Waals surface area contributed by atoms with E-state index in [4.69, 9.17) is 19.9 Å². The van der Waals surface area contributed by atoms with Crippen molar-refractivity contribution in [1.29, 1.82) is 0 Å². The molecule has 8 nitrogen and oxygen atoms in total. The Morgan fingerprint density at radius 1 is 1.05 bits per heavy atom. The van der Waals surface area contributed by atoms with Crippen LogP contribution in [-0.2, 0) is 25.5 Å². The molecule has 3 rings (SSSR count). The maximum absolute atomic E-state index is 13.5. The van der Waals surface area contributed by atoms with Gasteiger partial charge in [0.2, 0.25) is 5.78 Å². The van der Waals surface area contributed by atoms with Crippen molar-refractivity contribution in [3.8, 4) is 11.5 Å². The molecule has 2 atom stereocenters. The molecule has 1 aliphatic heterocycles. The van der Waals surface area contributed by atoms with Gasteiger partial charge in [0.15, 0.2) is 11.5 Å². The number of likely N-dealkylation sites (tertiary alicyclic amines) is 1. The average molecular weight is 525 g/mol. The van der Waals surface area contributed by atoms with Crippen molar-refractivity contribution in [2.75, 3.05) is 26.5 Å². The number of nitrogens with zero attached hydrogens (tertiary/aromatic N) is 1. The lowest BCUT2D eigenvalue weighted by Gasteiger charge is -2.36. The number of ketones is 1. The van der Waals surface area contributed by atoms with Crippen molar-refractivity contribution in [2.24, 2.45) is 5.41 Å². The number of carbonyl (C=O) groups excluding carboxylic acids is 3. The van der Waals surface area contributed by atoms with Crippen LogP contribution in [0.4, 0.5) is 5.69 Å². The molecule has 8 heteroatoms. The molecule has 38 heavy (non-hydrogen) atoms.